The van der Waals surface area contributed by atoms with Crippen molar-refractivity contribution in [3.05, 3.63) is 91.0 Å². The van der Waals surface area contributed by atoms with Crippen molar-refractivity contribution < 1.29 is 47.9 Å². The van der Waals surface area contributed by atoms with Gasteiger partial charge in [0.2, 0.25) is 0 Å². The number of hydrogen-bond donors (Lipinski definition) is 0. The van der Waals surface area contributed by atoms with Gasteiger partial charge in [-0.05, 0) is 61.6 Å². The van der Waals surface area contributed by atoms with Crippen LogP contribution in [0.15, 0.2) is 106 Å². The topological polar surface area (TPSA) is 73.2 Å². The zero-order valence-electron chi connectivity index (χ0n) is 23.5. The van der Waals surface area contributed by atoms with E-state index in [0.29, 0.717) is 18.7 Å². The minimum Gasteiger partial charge on any atom is -0.464 e. The predicted molar refractivity (Wildman–Crippen MR) is 157 cm³/mol. The molecular weight excluding hydrogens is 654 g/mol. The maximum atomic E-state index is 14.7. The first-order chi connectivity index (χ1) is 20.7. The SMILES string of the molecule is CCC(CCl)CCCCOC(=O)C(C(F)(F)F)(C(F)(F)F)S(=O)(=O)[OH+]S(c1ccccc1)(c1ccccc1)c1ccccc1. The van der Waals surface area contributed by atoms with Crippen molar-refractivity contribution >= 4 is 38.0 Å². The molecular formula is C30H32ClF6O5S2+. The van der Waals surface area contributed by atoms with Crippen molar-refractivity contribution in [3.63, 3.8) is 0 Å². The highest BCUT2D eigenvalue weighted by Crippen LogP contribution is 2.69. The molecule has 1 atom stereocenters. The average Bonchev–Trinajstić information content (AvgIpc) is 2.97. The molecule has 0 aromatic heterocycles. The smallest absolute Gasteiger partial charge is 0.435 e. The molecule has 0 heterocycles. The molecule has 3 rings (SSSR count). The van der Waals surface area contributed by atoms with E-state index in [1.807, 2.05) is 6.92 Å². The van der Waals surface area contributed by atoms with E-state index in [9.17, 15) is 39.6 Å². The van der Waals surface area contributed by atoms with Crippen molar-refractivity contribution in [1.82, 2.24) is 0 Å². The van der Waals surface area contributed by atoms with Gasteiger partial charge < -0.3 is 4.74 Å². The second-order valence-electron chi connectivity index (χ2n) is 9.81. The predicted octanol–water partition coefficient (Wildman–Crippen LogP) is 9.15. The summed E-state index contributed by atoms with van der Waals surface area (Å²) in [5.41, 5.74) is 0. The van der Waals surface area contributed by atoms with Crippen LogP contribution in [-0.2, 0) is 19.6 Å². The zero-order chi connectivity index (χ0) is 32.7. The van der Waals surface area contributed by atoms with Crippen LogP contribution in [0.5, 0.6) is 0 Å². The van der Waals surface area contributed by atoms with Crippen molar-refractivity contribution in [2.75, 3.05) is 12.5 Å². The molecule has 1 N–H and O–H groups in total. The lowest BCUT2D eigenvalue weighted by atomic mass is 10.0. The van der Waals surface area contributed by atoms with Gasteiger partial charge >= 0.3 is 33.2 Å². The van der Waals surface area contributed by atoms with Gasteiger partial charge in [-0.15, -0.1) is 11.6 Å². The van der Waals surface area contributed by atoms with E-state index in [1.54, 1.807) is 18.2 Å². The fraction of sp³-hybridized carbons (Fsp3) is 0.367. The van der Waals surface area contributed by atoms with Gasteiger partial charge in [0.1, 0.15) is 0 Å². The molecule has 44 heavy (non-hydrogen) atoms. The molecule has 0 amide bonds. The maximum absolute atomic E-state index is 14.7. The van der Waals surface area contributed by atoms with Crippen molar-refractivity contribution in [1.29, 1.82) is 0 Å². The maximum Gasteiger partial charge on any atom is 0.435 e. The molecule has 0 saturated carbocycles. The first-order valence-corrected chi connectivity index (χ1v) is 17.1. The van der Waals surface area contributed by atoms with Crippen LogP contribution < -0.4 is 0 Å². The first-order valence-electron chi connectivity index (χ1n) is 13.5. The fourth-order valence-electron chi connectivity index (χ4n) is 4.57. The summed E-state index contributed by atoms with van der Waals surface area (Å²) >= 11 is 5.82. The second kappa shape index (κ2) is 14.6. The Morgan fingerprint density at radius 1 is 0.773 bits per heavy atom. The molecule has 0 aliphatic heterocycles. The number of carbonyl (C=O) groups excluding carboxylic acids is 1. The summed E-state index contributed by atoms with van der Waals surface area (Å²) in [7, 11) is -10.6. The van der Waals surface area contributed by atoms with Crippen LogP contribution in [0.25, 0.3) is 0 Å². The third-order valence-electron chi connectivity index (χ3n) is 6.97. The number of carbonyl (C=O) groups is 1. The number of esters is 1. The molecule has 0 saturated heterocycles. The first kappa shape index (κ1) is 35.7. The number of rotatable bonds is 14. The summed E-state index contributed by atoms with van der Waals surface area (Å²) in [4.78, 5) is 13.1. The van der Waals surface area contributed by atoms with Crippen LogP contribution in [0.2, 0.25) is 0 Å². The van der Waals surface area contributed by atoms with Gasteiger partial charge in [-0.25, -0.2) is 4.79 Å². The Morgan fingerprint density at radius 2 is 1.18 bits per heavy atom. The van der Waals surface area contributed by atoms with Crippen molar-refractivity contribution in [3.8, 4) is 0 Å². The Bertz CT molecular complexity index is 1340. The number of alkyl halides is 7. The molecule has 1 unspecified atom stereocenters. The minimum absolute atomic E-state index is 0.0253. The standard InChI is InChI=1S/C30H31ClF6O5S2/c1-2-23(22-31)14-12-13-21-41-27(38)28(29(32,33)34,30(35,36)37)44(39,40)42-43(24-15-6-3-7-16-24,25-17-8-4-9-18-25)26-19-10-5-11-20-26/h3-11,15-20,23H,2,12-14,21-22H2,1H3/p+1. The van der Waals surface area contributed by atoms with E-state index < -0.39 is 50.1 Å². The van der Waals surface area contributed by atoms with Crippen LogP contribution in [0.1, 0.15) is 32.6 Å². The van der Waals surface area contributed by atoms with Crippen molar-refractivity contribution in [2.45, 2.75) is 64.4 Å². The number of hydrogen-bond acceptors (Lipinski definition) is 4. The van der Waals surface area contributed by atoms with E-state index in [4.69, 9.17) is 11.6 Å². The summed E-state index contributed by atoms with van der Waals surface area (Å²) in [6.07, 6.45) is -12.0. The number of unbranched alkanes of at least 4 members (excludes halogenated alkanes) is 1. The number of benzene rings is 3. The van der Waals surface area contributed by atoms with Gasteiger partial charge in [0.05, 0.1) is 31.6 Å². The van der Waals surface area contributed by atoms with Gasteiger partial charge in [-0.2, -0.15) is 34.8 Å². The molecule has 3 aromatic carbocycles. The lowest BCUT2D eigenvalue weighted by Gasteiger charge is -2.38. The minimum atomic E-state index is -6.84. The number of halogens is 7. The van der Waals surface area contributed by atoms with Crippen molar-refractivity contribution in [2.24, 2.45) is 5.92 Å². The average molecular weight is 686 g/mol. The highest BCUT2D eigenvalue weighted by molar-refractivity contribution is 8.32. The lowest BCUT2D eigenvalue weighted by Crippen LogP contribution is -2.68. The van der Waals surface area contributed by atoms with E-state index in [-0.39, 0.29) is 33.4 Å². The molecule has 0 aliphatic rings. The third kappa shape index (κ3) is 7.05. The zero-order valence-corrected chi connectivity index (χ0v) is 25.9. The molecule has 0 radical (unpaired) electrons. The summed E-state index contributed by atoms with van der Waals surface area (Å²) < 4.78 is 118. The Kier molecular flexibility index (Phi) is 11.8. The summed E-state index contributed by atoms with van der Waals surface area (Å²) in [6.45, 7) is 1.000. The molecule has 0 aliphatic carbocycles. The van der Waals surface area contributed by atoms with Gasteiger partial charge in [-0.1, -0.05) is 67.9 Å². The van der Waals surface area contributed by atoms with Gasteiger partial charge in [0.25, 0.3) is 0 Å². The second-order valence-corrected chi connectivity index (χ2v) is 14.8. The Morgan fingerprint density at radius 3 is 1.52 bits per heavy atom. The highest BCUT2D eigenvalue weighted by atomic mass is 35.5. The van der Waals surface area contributed by atoms with E-state index >= 15 is 0 Å². The fourth-order valence-corrected chi connectivity index (χ4v) is 10.9. The van der Waals surface area contributed by atoms with E-state index in [1.165, 1.54) is 72.8 Å². The lowest BCUT2D eigenvalue weighted by molar-refractivity contribution is -0.269. The Balaban J connectivity index is 2.21. The van der Waals surface area contributed by atoms with Gasteiger partial charge in [0.15, 0.2) is 0 Å². The van der Waals surface area contributed by atoms with Crippen LogP contribution in [0.4, 0.5) is 26.3 Å². The quantitative estimate of drug-likeness (QED) is 0.0424. The monoisotopic (exact) mass is 685 g/mol. The molecule has 242 valence electrons. The van der Waals surface area contributed by atoms with E-state index in [0.717, 1.165) is 0 Å². The molecule has 0 fully saturated rings. The Labute approximate surface area is 259 Å². The largest absolute Gasteiger partial charge is 0.464 e. The summed E-state index contributed by atoms with van der Waals surface area (Å²) in [5.74, 6) is -2.65. The van der Waals surface area contributed by atoms with Crippen LogP contribution >= 0.6 is 21.9 Å². The molecule has 5 nitrogen and oxygen atoms in total. The van der Waals surface area contributed by atoms with Crippen LogP contribution in [-0.4, -0.2) is 47.6 Å². The van der Waals surface area contributed by atoms with Crippen LogP contribution in [0.3, 0.4) is 0 Å². The number of ether oxygens (including phenoxy) is 1. The highest BCUT2D eigenvalue weighted by Gasteiger charge is 2.89. The Hall–Kier alpha value is -2.74. The van der Waals surface area contributed by atoms with E-state index in [2.05, 4.69) is 8.37 Å². The molecule has 0 bridgehead atoms. The molecule has 0 spiro atoms. The molecule has 3 aromatic rings. The van der Waals surface area contributed by atoms with Crippen LogP contribution in [0, 0.1) is 5.92 Å². The van der Waals surface area contributed by atoms with Gasteiger partial charge in [0, 0.05) is 5.88 Å². The summed E-state index contributed by atoms with van der Waals surface area (Å²) in [5, 5.41) is 0. The summed E-state index contributed by atoms with van der Waals surface area (Å²) in [6, 6.07) is 21.5. The molecule has 14 heteroatoms. The normalized spacial score (nSPS) is 14.2. The third-order valence-corrected chi connectivity index (χ3v) is 13.4. The van der Waals surface area contributed by atoms with Gasteiger partial charge in [-0.3, -0.25) is 3.63 Å².